The maximum absolute atomic E-state index is 13.8. The first-order valence-corrected chi connectivity index (χ1v) is 9.50. The molecule has 0 aliphatic carbocycles. The smallest absolute Gasteiger partial charge is 0.219 e. The monoisotopic (exact) mass is 411 g/mol. The van der Waals surface area contributed by atoms with Crippen molar-refractivity contribution in [3.05, 3.63) is 88.6 Å². The first-order chi connectivity index (χ1) is 14.4. The molecule has 2 aromatic carbocycles. The normalized spacial score (nSPS) is 11.6. The Labute approximate surface area is 174 Å². The van der Waals surface area contributed by atoms with Crippen molar-refractivity contribution in [2.24, 2.45) is 4.99 Å². The number of halogens is 2. The average Bonchev–Trinajstić information content (AvgIpc) is 2.71. The largest absolute Gasteiger partial charge is 0.439 e. The standard InChI is InChI=1S/C23H23F2N3O2/c1-14(2)17-9-15(3)10-18(11-17)30-22-8-7-16(12-26-22)23(28-29)27-13-19-20(24)5-4-6-21(19)25/h4-12,14,29H,13H2,1-3H3,(H,27,28). The van der Waals surface area contributed by atoms with E-state index in [1.54, 1.807) is 12.1 Å². The summed E-state index contributed by atoms with van der Waals surface area (Å²) in [6.45, 7) is 5.95. The van der Waals surface area contributed by atoms with Crippen LogP contribution in [-0.2, 0) is 6.54 Å². The molecule has 0 bridgehead atoms. The Morgan fingerprint density at radius 1 is 1.13 bits per heavy atom. The lowest BCUT2D eigenvalue weighted by atomic mass is 10.0. The van der Waals surface area contributed by atoms with Gasteiger partial charge in [0.05, 0.1) is 6.54 Å². The number of hydrogen-bond acceptors (Lipinski definition) is 4. The number of aromatic nitrogens is 1. The number of benzene rings is 2. The van der Waals surface area contributed by atoms with Crippen molar-refractivity contribution in [3.63, 3.8) is 0 Å². The summed E-state index contributed by atoms with van der Waals surface area (Å²) in [4.78, 5) is 8.29. The van der Waals surface area contributed by atoms with E-state index >= 15 is 0 Å². The van der Waals surface area contributed by atoms with Crippen LogP contribution in [0.2, 0.25) is 0 Å². The van der Waals surface area contributed by atoms with Crippen LogP contribution >= 0.6 is 0 Å². The zero-order chi connectivity index (χ0) is 21.7. The van der Waals surface area contributed by atoms with Gasteiger partial charge in [-0.3, -0.25) is 15.7 Å². The van der Waals surface area contributed by atoms with Gasteiger partial charge >= 0.3 is 0 Å². The first kappa shape index (κ1) is 21.4. The minimum atomic E-state index is -0.697. The number of aryl methyl sites for hydroxylation is 1. The van der Waals surface area contributed by atoms with Gasteiger partial charge in [-0.25, -0.2) is 13.8 Å². The van der Waals surface area contributed by atoms with Gasteiger partial charge in [-0.05, 0) is 54.3 Å². The number of rotatable bonds is 6. The summed E-state index contributed by atoms with van der Waals surface area (Å²) in [5.41, 5.74) is 4.46. The summed E-state index contributed by atoms with van der Waals surface area (Å²) in [6.07, 6.45) is 1.45. The topological polar surface area (TPSA) is 66.7 Å². The van der Waals surface area contributed by atoms with Crippen molar-refractivity contribution in [2.45, 2.75) is 33.2 Å². The molecule has 5 nitrogen and oxygen atoms in total. The van der Waals surface area contributed by atoms with E-state index < -0.39 is 11.6 Å². The molecule has 0 amide bonds. The lowest BCUT2D eigenvalue weighted by Gasteiger charge is -2.11. The first-order valence-electron chi connectivity index (χ1n) is 9.50. The van der Waals surface area contributed by atoms with E-state index in [2.05, 4.69) is 29.9 Å². The molecule has 0 fully saturated rings. The van der Waals surface area contributed by atoms with Crippen molar-refractivity contribution in [3.8, 4) is 11.6 Å². The fraction of sp³-hybridized carbons (Fsp3) is 0.217. The van der Waals surface area contributed by atoms with E-state index in [0.29, 0.717) is 23.1 Å². The molecule has 0 radical (unpaired) electrons. The molecule has 0 atom stereocenters. The van der Waals surface area contributed by atoms with Crippen LogP contribution in [-0.4, -0.2) is 16.0 Å². The van der Waals surface area contributed by atoms with Gasteiger partial charge in [0, 0.05) is 23.4 Å². The van der Waals surface area contributed by atoms with Crippen LogP contribution in [0.4, 0.5) is 8.78 Å². The van der Waals surface area contributed by atoms with Crippen LogP contribution in [0.1, 0.15) is 42.0 Å². The Kier molecular flexibility index (Phi) is 6.74. The molecule has 3 rings (SSSR count). The zero-order valence-electron chi connectivity index (χ0n) is 17.0. The SMILES string of the molecule is Cc1cc(Oc2ccc(C(=NCc3c(F)cccc3F)NO)cn2)cc(C(C)C)c1. The predicted molar refractivity (Wildman–Crippen MR) is 111 cm³/mol. The number of nitrogens with one attached hydrogen (secondary N) is 1. The Morgan fingerprint density at radius 3 is 2.47 bits per heavy atom. The van der Waals surface area contributed by atoms with Crippen LogP contribution in [0.5, 0.6) is 11.6 Å². The highest BCUT2D eigenvalue weighted by molar-refractivity contribution is 5.97. The molecule has 0 aliphatic heterocycles. The molecule has 0 saturated carbocycles. The van der Waals surface area contributed by atoms with Crippen molar-refractivity contribution in [1.82, 2.24) is 10.5 Å². The van der Waals surface area contributed by atoms with Gasteiger partial charge in [-0.15, -0.1) is 0 Å². The summed E-state index contributed by atoms with van der Waals surface area (Å²) in [5.74, 6) is 0.0685. The molecule has 0 spiro atoms. The molecule has 2 N–H and O–H groups in total. The molecule has 7 heteroatoms. The fourth-order valence-electron chi connectivity index (χ4n) is 2.90. The molecular formula is C23H23F2N3O2. The molecule has 156 valence electrons. The Hall–Kier alpha value is -3.32. The molecule has 1 aromatic heterocycles. The maximum Gasteiger partial charge on any atom is 0.219 e. The summed E-state index contributed by atoms with van der Waals surface area (Å²) in [5, 5.41) is 9.39. The minimum Gasteiger partial charge on any atom is -0.439 e. The summed E-state index contributed by atoms with van der Waals surface area (Å²) in [6, 6.07) is 12.9. The van der Waals surface area contributed by atoms with Crippen LogP contribution in [0, 0.1) is 18.6 Å². The van der Waals surface area contributed by atoms with E-state index in [9.17, 15) is 14.0 Å². The lowest BCUT2D eigenvalue weighted by Crippen LogP contribution is -2.21. The number of amidine groups is 1. The second-order valence-corrected chi connectivity index (χ2v) is 7.20. The minimum absolute atomic E-state index is 0.0364. The number of aliphatic imine (C=N–C) groups is 1. The van der Waals surface area contributed by atoms with Crippen LogP contribution < -0.4 is 10.2 Å². The number of pyridine rings is 1. The Bertz CT molecular complexity index is 1030. The highest BCUT2D eigenvalue weighted by Gasteiger charge is 2.10. The van der Waals surface area contributed by atoms with Crippen molar-refractivity contribution in [2.75, 3.05) is 0 Å². The fourth-order valence-corrected chi connectivity index (χ4v) is 2.90. The van der Waals surface area contributed by atoms with Gasteiger partial charge < -0.3 is 4.74 Å². The molecule has 3 aromatic rings. The average molecular weight is 411 g/mol. The third kappa shape index (κ3) is 5.18. The van der Waals surface area contributed by atoms with Crippen LogP contribution in [0.3, 0.4) is 0 Å². The zero-order valence-corrected chi connectivity index (χ0v) is 17.0. The van der Waals surface area contributed by atoms with Gasteiger partial charge in [0.1, 0.15) is 17.4 Å². The summed E-state index contributed by atoms with van der Waals surface area (Å²) >= 11 is 0. The summed E-state index contributed by atoms with van der Waals surface area (Å²) < 4.78 is 33.4. The van der Waals surface area contributed by atoms with Crippen molar-refractivity contribution >= 4 is 5.84 Å². The van der Waals surface area contributed by atoms with E-state index in [4.69, 9.17) is 4.74 Å². The third-order valence-corrected chi connectivity index (χ3v) is 4.53. The van der Waals surface area contributed by atoms with Crippen molar-refractivity contribution in [1.29, 1.82) is 0 Å². The molecular weight excluding hydrogens is 388 g/mol. The quantitative estimate of drug-likeness (QED) is 0.319. The maximum atomic E-state index is 13.8. The number of nitrogens with zero attached hydrogens (tertiary/aromatic N) is 2. The summed E-state index contributed by atoms with van der Waals surface area (Å²) in [7, 11) is 0. The highest BCUT2D eigenvalue weighted by atomic mass is 19.1. The van der Waals surface area contributed by atoms with Gasteiger partial charge in [0.25, 0.3) is 0 Å². The van der Waals surface area contributed by atoms with Gasteiger partial charge in [0.2, 0.25) is 5.88 Å². The van der Waals surface area contributed by atoms with Crippen LogP contribution in [0.25, 0.3) is 0 Å². The molecule has 1 heterocycles. The van der Waals surface area contributed by atoms with Crippen molar-refractivity contribution < 1.29 is 18.7 Å². The number of hydroxylamine groups is 1. The predicted octanol–water partition coefficient (Wildman–Crippen LogP) is 5.51. The molecule has 30 heavy (non-hydrogen) atoms. The van der Waals surface area contributed by atoms with E-state index in [1.165, 1.54) is 17.8 Å². The molecule has 0 unspecified atom stereocenters. The lowest BCUT2D eigenvalue weighted by molar-refractivity contribution is 0.234. The number of ether oxygens (including phenoxy) is 1. The molecule has 0 saturated heterocycles. The molecule has 0 aliphatic rings. The van der Waals surface area contributed by atoms with E-state index in [-0.39, 0.29) is 17.9 Å². The Morgan fingerprint density at radius 2 is 1.87 bits per heavy atom. The van der Waals surface area contributed by atoms with E-state index in [0.717, 1.165) is 17.7 Å². The number of hydrogen-bond donors (Lipinski definition) is 2. The Balaban J connectivity index is 1.77. The van der Waals surface area contributed by atoms with Gasteiger partial charge in [-0.1, -0.05) is 26.0 Å². The van der Waals surface area contributed by atoms with E-state index in [1.807, 2.05) is 24.5 Å². The van der Waals surface area contributed by atoms with Crippen LogP contribution in [0.15, 0.2) is 59.7 Å². The second kappa shape index (κ2) is 9.45. The second-order valence-electron chi connectivity index (χ2n) is 7.20. The highest BCUT2D eigenvalue weighted by Crippen LogP contribution is 2.26. The van der Waals surface area contributed by atoms with Gasteiger partial charge in [-0.2, -0.15) is 0 Å². The third-order valence-electron chi connectivity index (χ3n) is 4.53. The van der Waals surface area contributed by atoms with Gasteiger partial charge in [0.15, 0.2) is 5.84 Å².